The molecule has 0 spiro atoms. The standard InChI is InChI=1S/C15H19NO4/c1-5-10-7-8-11(19-10)14-16-12(9(3)4)13(20-14)15(17)18-6-2/h7-9H,5-6H2,1-4H3. The summed E-state index contributed by atoms with van der Waals surface area (Å²) in [6, 6.07) is 3.67. The largest absolute Gasteiger partial charge is 0.460 e. The summed E-state index contributed by atoms with van der Waals surface area (Å²) in [5.74, 6) is 1.42. The lowest BCUT2D eigenvalue weighted by molar-refractivity contribution is 0.0488. The third-order valence-corrected chi connectivity index (χ3v) is 2.88. The Balaban J connectivity index is 2.40. The summed E-state index contributed by atoms with van der Waals surface area (Å²) >= 11 is 0. The van der Waals surface area contributed by atoms with Crippen LogP contribution in [0.5, 0.6) is 0 Å². The normalized spacial score (nSPS) is 11.1. The van der Waals surface area contributed by atoms with Gasteiger partial charge in [-0.1, -0.05) is 20.8 Å². The van der Waals surface area contributed by atoms with E-state index in [-0.39, 0.29) is 11.7 Å². The average molecular weight is 277 g/mol. The molecule has 0 radical (unpaired) electrons. The topological polar surface area (TPSA) is 65.5 Å². The molecule has 0 unspecified atom stereocenters. The van der Waals surface area contributed by atoms with Crippen molar-refractivity contribution in [3.63, 3.8) is 0 Å². The molecule has 0 fully saturated rings. The average Bonchev–Trinajstić information content (AvgIpc) is 3.05. The van der Waals surface area contributed by atoms with Gasteiger partial charge in [0.25, 0.3) is 5.89 Å². The van der Waals surface area contributed by atoms with Gasteiger partial charge in [0.2, 0.25) is 5.76 Å². The maximum Gasteiger partial charge on any atom is 0.376 e. The van der Waals surface area contributed by atoms with Crippen molar-refractivity contribution in [2.24, 2.45) is 0 Å². The Bertz CT molecular complexity index is 595. The molecule has 0 saturated carbocycles. The molecule has 2 heterocycles. The van der Waals surface area contributed by atoms with Gasteiger partial charge >= 0.3 is 5.97 Å². The summed E-state index contributed by atoms with van der Waals surface area (Å²) in [7, 11) is 0. The number of hydrogen-bond donors (Lipinski definition) is 0. The molecule has 0 aliphatic heterocycles. The molecule has 2 rings (SSSR count). The summed E-state index contributed by atoms with van der Waals surface area (Å²) in [6.07, 6.45) is 0.794. The molecule has 0 amide bonds. The Morgan fingerprint density at radius 2 is 2.05 bits per heavy atom. The summed E-state index contributed by atoms with van der Waals surface area (Å²) in [5.41, 5.74) is 0.591. The van der Waals surface area contributed by atoms with Crippen molar-refractivity contribution >= 4 is 5.97 Å². The second-order valence-corrected chi connectivity index (χ2v) is 4.73. The Labute approximate surface area is 117 Å². The van der Waals surface area contributed by atoms with Gasteiger partial charge in [-0.05, 0) is 25.0 Å². The van der Waals surface area contributed by atoms with Crippen LogP contribution >= 0.6 is 0 Å². The maximum absolute atomic E-state index is 11.9. The van der Waals surface area contributed by atoms with Crippen LogP contribution in [0, 0.1) is 0 Å². The van der Waals surface area contributed by atoms with E-state index in [9.17, 15) is 4.79 Å². The summed E-state index contributed by atoms with van der Waals surface area (Å²) in [4.78, 5) is 16.3. The van der Waals surface area contributed by atoms with Gasteiger partial charge in [-0.2, -0.15) is 0 Å². The quantitative estimate of drug-likeness (QED) is 0.778. The number of rotatable bonds is 5. The first-order valence-electron chi connectivity index (χ1n) is 6.83. The molecule has 2 aromatic heterocycles. The zero-order valence-corrected chi connectivity index (χ0v) is 12.2. The highest BCUT2D eigenvalue weighted by Crippen LogP contribution is 2.28. The number of furan rings is 1. The first-order valence-corrected chi connectivity index (χ1v) is 6.83. The van der Waals surface area contributed by atoms with Gasteiger partial charge in [0.1, 0.15) is 5.76 Å². The zero-order valence-electron chi connectivity index (χ0n) is 12.2. The van der Waals surface area contributed by atoms with Crippen LogP contribution in [0.1, 0.15) is 55.6 Å². The minimum Gasteiger partial charge on any atom is -0.460 e. The van der Waals surface area contributed by atoms with E-state index in [1.165, 1.54) is 0 Å². The Kier molecular flexibility index (Phi) is 4.27. The van der Waals surface area contributed by atoms with E-state index in [1.807, 2.05) is 26.8 Å². The van der Waals surface area contributed by atoms with Crippen LogP contribution in [0.25, 0.3) is 11.7 Å². The second kappa shape index (κ2) is 5.94. The third kappa shape index (κ3) is 2.76. The molecule has 5 nitrogen and oxygen atoms in total. The van der Waals surface area contributed by atoms with E-state index >= 15 is 0 Å². The maximum atomic E-state index is 11.9. The summed E-state index contributed by atoms with van der Waals surface area (Å²) < 4.78 is 16.1. The number of hydrogen-bond acceptors (Lipinski definition) is 5. The SMILES string of the molecule is CCOC(=O)c1oc(-c2ccc(CC)o2)nc1C(C)C. The molecule has 5 heteroatoms. The minimum absolute atomic E-state index is 0.0625. The fourth-order valence-electron chi connectivity index (χ4n) is 1.85. The van der Waals surface area contributed by atoms with Crippen LogP contribution < -0.4 is 0 Å². The fourth-order valence-corrected chi connectivity index (χ4v) is 1.85. The zero-order chi connectivity index (χ0) is 14.7. The molecule has 0 atom stereocenters. The van der Waals surface area contributed by atoms with Crippen LogP contribution in [0.15, 0.2) is 21.0 Å². The van der Waals surface area contributed by atoms with Crippen LogP contribution in [0.3, 0.4) is 0 Å². The van der Waals surface area contributed by atoms with Gasteiger partial charge in [0.15, 0.2) is 5.76 Å². The number of esters is 1. The number of carbonyl (C=O) groups excluding carboxylic acids is 1. The molecule has 0 saturated heterocycles. The van der Waals surface area contributed by atoms with Gasteiger partial charge < -0.3 is 13.6 Å². The van der Waals surface area contributed by atoms with Crippen molar-refractivity contribution in [1.82, 2.24) is 4.98 Å². The predicted octanol–water partition coefficient (Wildman–Crippen LogP) is 3.80. The van der Waals surface area contributed by atoms with E-state index in [2.05, 4.69) is 4.98 Å². The Morgan fingerprint density at radius 3 is 2.60 bits per heavy atom. The van der Waals surface area contributed by atoms with Crippen LogP contribution in [-0.2, 0) is 11.2 Å². The lowest BCUT2D eigenvalue weighted by Crippen LogP contribution is -2.07. The lowest BCUT2D eigenvalue weighted by Gasteiger charge is -2.02. The van der Waals surface area contributed by atoms with Gasteiger partial charge in [-0.25, -0.2) is 9.78 Å². The van der Waals surface area contributed by atoms with Crippen LogP contribution in [0.4, 0.5) is 0 Å². The Hall–Kier alpha value is -2.04. The monoisotopic (exact) mass is 277 g/mol. The van der Waals surface area contributed by atoms with Crippen molar-refractivity contribution in [3.8, 4) is 11.7 Å². The first kappa shape index (κ1) is 14.4. The van der Waals surface area contributed by atoms with Gasteiger partial charge in [0.05, 0.1) is 12.3 Å². The van der Waals surface area contributed by atoms with Crippen LogP contribution in [-0.4, -0.2) is 17.6 Å². The van der Waals surface area contributed by atoms with Crippen molar-refractivity contribution in [3.05, 3.63) is 29.3 Å². The van der Waals surface area contributed by atoms with Crippen molar-refractivity contribution in [2.45, 2.75) is 40.0 Å². The molecule has 0 aliphatic rings. The van der Waals surface area contributed by atoms with Gasteiger partial charge in [-0.15, -0.1) is 0 Å². The molecule has 0 bridgehead atoms. The van der Waals surface area contributed by atoms with E-state index in [0.29, 0.717) is 24.0 Å². The van der Waals surface area contributed by atoms with Gasteiger partial charge in [-0.3, -0.25) is 0 Å². The molecule has 0 aliphatic carbocycles. The molecular weight excluding hydrogens is 258 g/mol. The minimum atomic E-state index is -0.489. The number of ether oxygens (including phenoxy) is 1. The number of carbonyl (C=O) groups is 1. The Morgan fingerprint density at radius 1 is 1.30 bits per heavy atom. The van der Waals surface area contributed by atoms with Crippen molar-refractivity contribution < 1.29 is 18.4 Å². The third-order valence-electron chi connectivity index (χ3n) is 2.88. The molecular formula is C15H19NO4. The molecule has 0 N–H and O–H groups in total. The predicted molar refractivity (Wildman–Crippen MR) is 73.6 cm³/mol. The number of nitrogens with zero attached hydrogens (tertiary/aromatic N) is 1. The highest BCUT2D eigenvalue weighted by atomic mass is 16.5. The van der Waals surface area contributed by atoms with Gasteiger partial charge in [0, 0.05) is 6.42 Å². The molecule has 2 aromatic rings. The smallest absolute Gasteiger partial charge is 0.376 e. The molecule has 108 valence electrons. The molecule has 0 aromatic carbocycles. The molecule has 20 heavy (non-hydrogen) atoms. The van der Waals surface area contributed by atoms with E-state index in [4.69, 9.17) is 13.6 Å². The summed E-state index contributed by atoms with van der Waals surface area (Å²) in [5, 5.41) is 0. The van der Waals surface area contributed by atoms with E-state index < -0.39 is 5.97 Å². The van der Waals surface area contributed by atoms with Crippen molar-refractivity contribution in [1.29, 1.82) is 0 Å². The summed E-state index contributed by atoms with van der Waals surface area (Å²) in [6.45, 7) is 7.95. The number of aryl methyl sites for hydroxylation is 1. The van der Waals surface area contributed by atoms with Crippen LogP contribution in [0.2, 0.25) is 0 Å². The van der Waals surface area contributed by atoms with E-state index in [1.54, 1.807) is 13.0 Å². The second-order valence-electron chi connectivity index (χ2n) is 4.73. The number of aromatic nitrogens is 1. The van der Waals surface area contributed by atoms with Crippen molar-refractivity contribution in [2.75, 3.05) is 6.61 Å². The lowest BCUT2D eigenvalue weighted by atomic mass is 10.1. The number of oxazole rings is 1. The first-order chi connectivity index (χ1) is 9.56. The fraction of sp³-hybridized carbons (Fsp3) is 0.467. The van der Waals surface area contributed by atoms with E-state index in [0.717, 1.165) is 12.2 Å². The highest BCUT2D eigenvalue weighted by Gasteiger charge is 2.25. The highest BCUT2D eigenvalue weighted by molar-refractivity contribution is 5.88.